The highest BCUT2D eigenvalue weighted by Crippen LogP contribution is 2.37. The molecule has 132 valence electrons. The maximum Gasteiger partial charge on any atom is 0.331 e. The van der Waals surface area contributed by atoms with Gasteiger partial charge in [0.15, 0.2) is 0 Å². The molecule has 3 rings (SSSR count). The summed E-state index contributed by atoms with van der Waals surface area (Å²) in [5.41, 5.74) is -3.18. The van der Waals surface area contributed by atoms with Crippen molar-refractivity contribution in [2.24, 2.45) is 0 Å². The minimum atomic E-state index is -1.89. The number of hydrogen-bond donors (Lipinski definition) is 3. The van der Waals surface area contributed by atoms with Gasteiger partial charge in [0.05, 0.1) is 12.7 Å². The van der Waals surface area contributed by atoms with Crippen LogP contribution in [0.4, 0.5) is 0 Å². The molecular weight excluding hydrogens is 352 g/mol. The maximum absolute atomic E-state index is 13.1. The van der Waals surface area contributed by atoms with Gasteiger partial charge in [0.1, 0.15) is 6.10 Å². The second-order valence-electron chi connectivity index (χ2n) is 5.71. The molecule has 2 heterocycles. The van der Waals surface area contributed by atoms with Crippen LogP contribution in [0.5, 0.6) is 0 Å². The third-order valence-electron chi connectivity index (χ3n) is 4.12. The highest BCUT2D eigenvalue weighted by molar-refractivity contribution is 6.30. The first kappa shape index (κ1) is 17.6. The van der Waals surface area contributed by atoms with Gasteiger partial charge in [0.25, 0.3) is 5.56 Å². The zero-order valence-corrected chi connectivity index (χ0v) is 13.6. The summed E-state index contributed by atoms with van der Waals surface area (Å²) in [6, 6.07) is 7.01. The predicted molar refractivity (Wildman–Crippen MR) is 87.7 cm³/mol. The van der Waals surface area contributed by atoms with E-state index in [1.165, 1.54) is 24.3 Å². The van der Waals surface area contributed by atoms with Gasteiger partial charge in [-0.25, -0.2) is 4.79 Å². The van der Waals surface area contributed by atoms with Crippen molar-refractivity contribution >= 4 is 17.4 Å². The second kappa shape index (κ2) is 6.57. The van der Waals surface area contributed by atoms with Crippen molar-refractivity contribution < 1.29 is 19.7 Å². The minimum Gasteiger partial charge on any atom is -0.394 e. The van der Waals surface area contributed by atoms with Crippen LogP contribution in [-0.4, -0.2) is 44.4 Å². The molecule has 0 bridgehead atoms. The summed E-state index contributed by atoms with van der Waals surface area (Å²) < 4.78 is 6.54. The van der Waals surface area contributed by atoms with E-state index in [1.807, 2.05) is 0 Å². The molecule has 3 N–H and O–H groups in total. The van der Waals surface area contributed by atoms with Crippen molar-refractivity contribution in [3.8, 4) is 0 Å². The van der Waals surface area contributed by atoms with Crippen LogP contribution in [0.2, 0.25) is 5.02 Å². The van der Waals surface area contributed by atoms with Gasteiger partial charge in [-0.1, -0.05) is 11.6 Å². The lowest BCUT2D eigenvalue weighted by Gasteiger charge is -2.29. The number of benzene rings is 1. The molecule has 0 spiro atoms. The van der Waals surface area contributed by atoms with Crippen molar-refractivity contribution in [3.63, 3.8) is 0 Å². The van der Waals surface area contributed by atoms with Crippen LogP contribution < -0.4 is 11.2 Å². The van der Waals surface area contributed by atoms with E-state index in [0.29, 0.717) is 5.02 Å². The molecule has 0 radical (unpaired) electrons. The van der Waals surface area contributed by atoms with E-state index in [9.17, 15) is 24.6 Å². The number of ketones is 1. The van der Waals surface area contributed by atoms with E-state index in [1.54, 1.807) is 0 Å². The Morgan fingerprint density at radius 2 is 2.00 bits per heavy atom. The number of H-pyrrole nitrogens is 1. The molecule has 0 unspecified atom stereocenters. The quantitative estimate of drug-likeness (QED) is 0.648. The SMILES string of the molecule is O=C(c1ccc(Cl)cc1)[C@]1(n2ccc(=O)[nH]c2=O)C[C@H](O)[C@@H](CO)O1. The molecule has 1 aliphatic heterocycles. The summed E-state index contributed by atoms with van der Waals surface area (Å²) in [6.07, 6.45) is -1.34. The fraction of sp³-hybridized carbons (Fsp3) is 0.312. The minimum absolute atomic E-state index is 0.202. The number of carbonyl (C=O) groups excluding carboxylic acids is 1. The highest BCUT2D eigenvalue weighted by atomic mass is 35.5. The van der Waals surface area contributed by atoms with Gasteiger partial charge in [0.2, 0.25) is 11.5 Å². The molecule has 9 heteroatoms. The normalized spacial score (nSPS) is 25.9. The Bertz CT molecular complexity index is 906. The molecule has 1 aromatic heterocycles. The fourth-order valence-corrected chi connectivity index (χ4v) is 3.02. The van der Waals surface area contributed by atoms with Gasteiger partial charge in [-0.2, -0.15) is 0 Å². The zero-order valence-electron chi connectivity index (χ0n) is 12.9. The largest absolute Gasteiger partial charge is 0.394 e. The molecular formula is C16H15ClN2O6. The van der Waals surface area contributed by atoms with E-state index >= 15 is 0 Å². The Morgan fingerprint density at radius 1 is 1.32 bits per heavy atom. The zero-order chi connectivity index (χ0) is 18.2. The molecule has 25 heavy (non-hydrogen) atoms. The Kier molecular flexibility index (Phi) is 4.61. The average Bonchev–Trinajstić information content (AvgIpc) is 2.92. The van der Waals surface area contributed by atoms with E-state index in [4.69, 9.17) is 16.3 Å². The van der Waals surface area contributed by atoms with Gasteiger partial charge in [-0.05, 0) is 24.3 Å². The molecule has 0 amide bonds. The summed E-state index contributed by atoms with van der Waals surface area (Å²) >= 11 is 5.83. The van der Waals surface area contributed by atoms with Gasteiger partial charge >= 0.3 is 5.69 Å². The number of nitrogens with zero attached hydrogens (tertiary/aromatic N) is 1. The van der Waals surface area contributed by atoms with E-state index in [0.717, 1.165) is 16.8 Å². The molecule has 1 saturated heterocycles. The summed E-state index contributed by atoms with van der Waals surface area (Å²) in [7, 11) is 0. The number of aromatic nitrogens is 2. The average molecular weight is 367 g/mol. The Balaban J connectivity index is 2.16. The molecule has 1 aromatic carbocycles. The van der Waals surface area contributed by atoms with Gasteiger partial charge in [-0.15, -0.1) is 0 Å². The predicted octanol–water partition coefficient (Wildman–Crippen LogP) is -0.132. The van der Waals surface area contributed by atoms with Crippen LogP contribution in [0.25, 0.3) is 0 Å². The number of aliphatic hydroxyl groups excluding tert-OH is 2. The van der Waals surface area contributed by atoms with Crippen LogP contribution in [0.1, 0.15) is 16.8 Å². The topological polar surface area (TPSA) is 122 Å². The number of nitrogens with one attached hydrogen (secondary N) is 1. The Morgan fingerprint density at radius 3 is 2.56 bits per heavy atom. The van der Waals surface area contributed by atoms with Crippen LogP contribution in [-0.2, 0) is 10.5 Å². The first-order valence-electron chi connectivity index (χ1n) is 7.47. The molecule has 1 aliphatic rings. The molecule has 1 fully saturated rings. The smallest absolute Gasteiger partial charge is 0.331 e. The number of halogens is 1. The van der Waals surface area contributed by atoms with Crippen molar-refractivity contribution in [1.82, 2.24) is 9.55 Å². The summed E-state index contributed by atoms with van der Waals surface area (Å²) in [5, 5.41) is 19.9. The van der Waals surface area contributed by atoms with E-state index in [-0.39, 0.29) is 12.0 Å². The monoisotopic (exact) mass is 366 g/mol. The third-order valence-corrected chi connectivity index (χ3v) is 4.37. The van der Waals surface area contributed by atoms with Crippen LogP contribution in [0.3, 0.4) is 0 Å². The second-order valence-corrected chi connectivity index (χ2v) is 6.15. The molecule has 2 aromatic rings. The van der Waals surface area contributed by atoms with E-state index in [2.05, 4.69) is 4.98 Å². The highest BCUT2D eigenvalue weighted by Gasteiger charge is 2.53. The number of hydrogen-bond acceptors (Lipinski definition) is 6. The fourth-order valence-electron chi connectivity index (χ4n) is 2.89. The number of carbonyl (C=O) groups is 1. The lowest BCUT2D eigenvalue weighted by molar-refractivity contribution is -0.0936. The third kappa shape index (κ3) is 3.05. The van der Waals surface area contributed by atoms with Crippen molar-refractivity contribution in [1.29, 1.82) is 0 Å². The first-order chi connectivity index (χ1) is 11.9. The Hall–Kier alpha value is -2.26. The van der Waals surface area contributed by atoms with E-state index < -0.39 is 41.6 Å². The van der Waals surface area contributed by atoms with Crippen molar-refractivity contribution in [3.05, 3.63) is 68.0 Å². The summed E-state index contributed by atoms with van der Waals surface area (Å²) in [5.74, 6) is -0.603. The lowest BCUT2D eigenvalue weighted by Crippen LogP contribution is -2.49. The number of ether oxygens (including phenoxy) is 1. The molecule has 0 saturated carbocycles. The van der Waals surface area contributed by atoms with Crippen LogP contribution in [0, 0.1) is 0 Å². The molecule has 8 nitrogen and oxygen atoms in total. The number of aliphatic hydroxyl groups is 2. The van der Waals surface area contributed by atoms with Gasteiger partial charge in [-0.3, -0.25) is 19.1 Å². The van der Waals surface area contributed by atoms with Gasteiger partial charge < -0.3 is 14.9 Å². The number of Topliss-reactive ketones (excluding diaryl/α,β-unsaturated/α-hetero) is 1. The number of rotatable bonds is 4. The summed E-state index contributed by atoms with van der Waals surface area (Å²) in [4.78, 5) is 38.7. The van der Waals surface area contributed by atoms with Crippen molar-refractivity contribution in [2.45, 2.75) is 24.4 Å². The van der Waals surface area contributed by atoms with Crippen LogP contribution >= 0.6 is 11.6 Å². The van der Waals surface area contributed by atoms with Gasteiger partial charge in [0, 0.05) is 29.3 Å². The molecule has 3 atom stereocenters. The first-order valence-corrected chi connectivity index (χ1v) is 7.85. The van der Waals surface area contributed by atoms with Crippen LogP contribution in [0.15, 0.2) is 46.1 Å². The molecule has 0 aliphatic carbocycles. The van der Waals surface area contributed by atoms with Crippen molar-refractivity contribution in [2.75, 3.05) is 6.61 Å². The standard InChI is InChI=1S/C16H15ClN2O6/c17-10-3-1-9(2-4-10)14(23)16(7-11(21)12(8-20)25-16)19-6-5-13(22)18-15(19)24/h1-6,11-12,20-21H,7-8H2,(H,18,22,24)/t11-,12+,16-/m0/s1. The lowest BCUT2D eigenvalue weighted by atomic mass is 9.96. The Labute approximate surface area is 146 Å². The summed E-state index contributed by atoms with van der Waals surface area (Å²) in [6.45, 7) is -0.533. The number of aromatic amines is 1. The maximum atomic E-state index is 13.1.